The van der Waals surface area contributed by atoms with Gasteiger partial charge in [0.15, 0.2) is 6.61 Å². The number of hydrogen-bond acceptors (Lipinski definition) is 5. The van der Waals surface area contributed by atoms with E-state index in [1.807, 2.05) is 45.9 Å². The Balaban J connectivity index is 1.27. The summed E-state index contributed by atoms with van der Waals surface area (Å²) >= 11 is 0. The highest BCUT2D eigenvalue weighted by Crippen LogP contribution is 2.35. The second-order valence-corrected chi connectivity index (χ2v) is 8.79. The molecule has 2 fully saturated rings. The Morgan fingerprint density at radius 1 is 1.03 bits per heavy atom. The molecule has 3 aliphatic rings. The minimum Gasteiger partial charge on any atom is -0.484 e. The van der Waals surface area contributed by atoms with Crippen LogP contribution in [0.5, 0.6) is 5.75 Å². The molecule has 1 aromatic heterocycles. The van der Waals surface area contributed by atoms with Crippen LogP contribution in [0.4, 0.5) is 0 Å². The average Bonchev–Trinajstić information content (AvgIpc) is 2.81. The molecule has 0 unspecified atom stereocenters. The van der Waals surface area contributed by atoms with Crippen LogP contribution >= 0.6 is 0 Å². The first-order chi connectivity index (χ1) is 15.2. The summed E-state index contributed by atoms with van der Waals surface area (Å²) < 4.78 is 13.0. The van der Waals surface area contributed by atoms with E-state index in [0.29, 0.717) is 37.8 Å². The summed E-state index contributed by atoms with van der Waals surface area (Å²) in [6.45, 7) is 5.95. The largest absolute Gasteiger partial charge is 0.484 e. The molecule has 0 spiro atoms. The first-order valence-electron chi connectivity index (χ1n) is 11.2. The number of benzene rings is 1. The molecule has 0 radical (unpaired) electrons. The highest BCUT2D eigenvalue weighted by atomic mass is 16.5. The first-order valence-corrected chi connectivity index (χ1v) is 11.2. The van der Waals surface area contributed by atoms with Crippen molar-refractivity contribution in [2.75, 3.05) is 46.0 Å². The van der Waals surface area contributed by atoms with Gasteiger partial charge in [0.05, 0.1) is 13.2 Å². The van der Waals surface area contributed by atoms with E-state index in [1.54, 1.807) is 0 Å². The van der Waals surface area contributed by atoms with Crippen molar-refractivity contribution in [3.63, 3.8) is 0 Å². The van der Waals surface area contributed by atoms with E-state index in [0.717, 1.165) is 44.0 Å². The smallest absolute Gasteiger partial charge is 0.260 e. The number of fused-ring (bicyclic) bond motifs is 4. The Morgan fingerprint density at radius 3 is 2.65 bits per heavy atom. The summed E-state index contributed by atoms with van der Waals surface area (Å²) in [5, 5.41) is 0. The highest BCUT2D eigenvalue weighted by Gasteiger charge is 2.36. The topological polar surface area (TPSA) is 64.0 Å². The van der Waals surface area contributed by atoms with Crippen molar-refractivity contribution in [3.05, 3.63) is 64.1 Å². The first kappa shape index (κ1) is 20.3. The van der Waals surface area contributed by atoms with E-state index in [4.69, 9.17) is 9.47 Å². The van der Waals surface area contributed by atoms with Gasteiger partial charge in [-0.15, -0.1) is 0 Å². The summed E-state index contributed by atoms with van der Waals surface area (Å²) in [5.74, 6) is 1.23. The molecule has 5 rings (SSSR count). The molecule has 2 saturated heterocycles. The maximum absolute atomic E-state index is 13.2. The molecule has 0 N–H and O–H groups in total. The number of piperidine rings is 1. The second-order valence-electron chi connectivity index (χ2n) is 8.79. The third-order valence-corrected chi connectivity index (χ3v) is 6.64. The molecular formula is C24H29N3O4. The molecule has 2 atom stereocenters. The van der Waals surface area contributed by atoms with Crippen LogP contribution < -0.4 is 10.3 Å². The number of aromatic nitrogens is 1. The van der Waals surface area contributed by atoms with Gasteiger partial charge in [-0.3, -0.25) is 14.5 Å². The highest BCUT2D eigenvalue weighted by molar-refractivity contribution is 5.78. The maximum atomic E-state index is 13.2. The Morgan fingerprint density at radius 2 is 1.84 bits per heavy atom. The minimum absolute atomic E-state index is 0.0123. The van der Waals surface area contributed by atoms with Crippen molar-refractivity contribution in [2.24, 2.45) is 5.92 Å². The van der Waals surface area contributed by atoms with Crippen molar-refractivity contribution in [1.29, 1.82) is 0 Å². The molecule has 1 amide bonds. The Labute approximate surface area is 182 Å². The molecule has 164 valence electrons. The molecule has 31 heavy (non-hydrogen) atoms. The molecule has 1 aromatic carbocycles. The zero-order valence-corrected chi connectivity index (χ0v) is 17.7. The predicted octanol–water partition coefficient (Wildman–Crippen LogP) is 1.71. The van der Waals surface area contributed by atoms with Crippen LogP contribution in [0.2, 0.25) is 0 Å². The fourth-order valence-electron chi connectivity index (χ4n) is 5.07. The Hall–Kier alpha value is -2.64. The monoisotopic (exact) mass is 423 g/mol. The van der Waals surface area contributed by atoms with Crippen molar-refractivity contribution >= 4 is 5.91 Å². The van der Waals surface area contributed by atoms with Crippen LogP contribution in [-0.4, -0.2) is 66.3 Å². The van der Waals surface area contributed by atoms with Crippen molar-refractivity contribution in [2.45, 2.75) is 25.4 Å². The van der Waals surface area contributed by atoms with E-state index in [9.17, 15) is 9.59 Å². The van der Waals surface area contributed by atoms with E-state index < -0.39 is 0 Å². The Bertz CT molecular complexity index is 984. The van der Waals surface area contributed by atoms with Crippen molar-refractivity contribution in [3.8, 4) is 5.75 Å². The quantitative estimate of drug-likeness (QED) is 0.733. The van der Waals surface area contributed by atoms with Gasteiger partial charge in [-0.05, 0) is 30.5 Å². The predicted molar refractivity (Wildman–Crippen MR) is 116 cm³/mol. The van der Waals surface area contributed by atoms with Gasteiger partial charge in [-0.1, -0.05) is 24.3 Å². The van der Waals surface area contributed by atoms with Gasteiger partial charge >= 0.3 is 0 Å². The van der Waals surface area contributed by atoms with Gasteiger partial charge < -0.3 is 18.9 Å². The lowest BCUT2D eigenvalue weighted by Gasteiger charge is -2.43. The van der Waals surface area contributed by atoms with Gasteiger partial charge in [-0.25, -0.2) is 0 Å². The van der Waals surface area contributed by atoms with E-state index in [1.165, 1.54) is 0 Å². The lowest BCUT2D eigenvalue weighted by Crippen LogP contribution is -2.50. The van der Waals surface area contributed by atoms with E-state index >= 15 is 0 Å². The van der Waals surface area contributed by atoms with E-state index in [2.05, 4.69) is 11.0 Å². The molecule has 2 aromatic rings. The molecule has 3 aliphatic heterocycles. The molecule has 0 saturated carbocycles. The lowest BCUT2D eigenvalue weighted by molar-refractivity contribution is -0.136. The third-order valence-electron chi connectivity index (χ3n) is 6.64. The number of para-hydroxylation sites is 1. The number of hydrogen-bond donors (Lipinski definition) is 0. The zero-order valence-electron chi connectivity index (χ0n) is 17.7. The van der Waals surface area contributed by atoms with Crippen LogP contribution in [0.15, 0.2) is 47.3 Å². The lowest BCUT2D eigenvalue weighted by atomic mass is 9.83. The number of carbonyl (C=O) groups excluding carboxylic acids is 1. The van der Waals surface area contributed by atoms with Crippen molar-refractivity contribution < 1.29 is 14.3 Å². The molecule has 0 aliphatic carbocycles. The fraction of sp³-hybridized carbons (Fsp3) is 0.500. The number of carbonyl (C=O) groups is 1. The molecule has 4 heterocycles. The second kappa shape index (κ2) is 8.85. The standard InChI is InChI=1S/C24H29N3O4/c28-23(17-31-21-4-2-1-3-5-21)26-13-18-12-20(16-26)22-7-6-19(24(29)27(22)14-18)15-25-8-10-30-11-9-25/h1-7,18,20H,8-17H2/t18-,20+/m0/s1. The van der Waals surface area contributed by atoms with Gasteiger partial charge in [0, 0.05) is 56.4 Å². The van der Waals surface area contributed by atoms with Gasteiger partial charge in [0.2, 0.25) is 0 Å². The van der Waals surface area contributed by atoms with E-state index in [-0.39, 0.29) is 24.0 Å². The SMILES string of the molecule is O=C(COc1ccccc1)N1C[C@@H]2C[C@H](C1)c1ccc(CN3CCOCC3)c(=O)n1C2. The molecule has 2 bridgehead atoms. The number of ether oxygens (including phenoxy) is 2. The van der Waals surface area contributed by atoms with Crippen LogP contribution in [0.25, 0.3) is 0 Å². The summed E-state index contributed by atoms with van der Waals surface area (Å²) in [7, 11) is 0. The van der Waals surface area contributed by atoms with Gasteiger partial charge in [0.25, 0.3) is 11.5 Å². The van der Waals surface area contributed by atoms with Crippen LogP contribution in [-0.2, 0) is 22.6 Å². The molecule has 7 heteroatoms. The maximum Gasteiger partial charge on any atom is 0.260 e. The molecule has 7 nitrogen and oxygen atoms in total. The fourth-order valence-corrected chi connectivity index (χ4v) is 5.07. The normalized spacial score (nSPS) is 23.3. The number of amides is 1. The number of morpholine rings is 1. The van der Waals surface area contributed by atoms with Crippen molar-refractivity contribution in [1.82, 2.24) is 14.4 Å². The number of likely N-dealkylation sites (tertiary alicyclic amines) is 1. The number of pyridine rings is 1. The Kier molecular flexibility index (Phi) is 5.78. The summed E-state index contributed by atoms with van der Waals surface area (Å²) in [5.41, 5.74) is 2.05. The summed E-state index contributed by atoms with van der Waals surface area (Å²) in [4.78, 5) is 30.2. The number of nitrogens with zero attached hydrogens (tertiary/aromatic N) is 3. The summed E-state index contributed by atoms with van der Waals surface area (Å²) in [6.07, 6.45) is 1.03. The van der Waals surface area contributed by atoms with Crippen LogP contribution in [0, 0.1) is 5.92 Å². The van der Waals surface area contributed by atoms with Crippen LogP contribution in [0.3, 0.4) is 0 Å². The molecular weight excluding hydrogens is 394 g/mol. The third kappa shape index (κ3) is 4.38. The summed E-state index contributed by atoms with van der Waals surface area (Å²) in [6, 6.07) is 13.5. The zero-order chi connectivity index (χ0) is 21.2. The van der Waals surface area contributed by atoms with Gasteiger partial charge in [0.1, 0.15) is 5.75 Å². The number of rotatable bonds is 5. The average molecular weight is 424 g/mol. The van der Waals surface area contributed by atoms with Crippen LogP contribution in [0.1, 0.15) is 23.6 Å². The minimum atomic E-state index is 0.0123. The van der Waals surface area contributed by atoms with Gasteiger partial charge in [-0.2, -0.15) is 0 Å².